The molecule has 3 heteroatoms. The van der Waals surface area contributed by atoms with Crippen molar-refractivity contribution in [2.24, 2.45) is 5.41 Å². The first-order chi connectivity index (χ1) is 7.68. The van der Waals surface area contributed by atoms with E-state index in [4.69, 9.17) is 16.3 Å². The lowest BCUT2D eigenvalue weighted by Gasteiger charge is -2.23. The molecular formula is C14H28ClNO. The molecule has 0 aromatic carbocycles. The van der Waals surface area contributed by atoms with Gasteiger partial charge in [0.1, 0.15) is 0 Å². The van der Waals surface area contributed by atoms with Crippen LogP contribution in [0.5, 0.6) is 0 Å². The minimum Gasteiger partial charge on any atom is -0.371 e. The Balaban J connectivity index is 2.12. The van der Waals surface area contributed by atoms with Gasteiger partial charge in [-0.25, -0.2) is 0 Å². The quantitative estimate of drug-likeness (QED) is 0.764. The van der Waals surface area contributed by atoms with E-state index in [0.717, 1.165) is 32.4 Å². The molecule has 0 bridgehead atoms. The van der Waals surface area contributed by atoms with Crippen LogP contribution in [0.15, 0.2) is 0 Å². The van der Waals surface area contributed by atoms with E-state index in [1.165, 1.54) is 0 Å². The Morgan fingerprint density at radius 2 is 2.06 bits per heavy atom. The molecule has 1 heterocycles. The summed E-state index contributed by atoms with van der Waals surface area (Å²) < 4.78 is 5.93. The van der Waals surface area contributed by atoms with Crippen LogP contribution in [0.25, 0.3) is 0 Å². The van der Waals surface area contributed by atoms with Crippen molar-refractivity contribution < 1.29 is 4.74 Å². The topological polar surface area (TPSA) is 21.3 Å². The summed E-state index contributed by atoms with van der Waals surface area (Å²) in [6, 6.07) is 0. The van der Waals surface area contributed by atoms with E-state index >= 15 is 0 Å². The number of alkyl halides is 1. The van der Waals surface area contributed by atoms with Crippen molar-refractivity contribution in [1.29, 1.82) is 0 Å². The third kappa shape index (κ3) is 6.64. The molecule has 0 aromatic rings. The van der Waals surface area contributed by atoms with Crippen LogP contribution in [-0.2, 0) is 4.74 Å². The molecule has 1 saturated heterocycles. The van der Waals surface area contributed by atoms with E-state index in [2.05, 4.69) is 39.9 Å². The summed E-state index contributed by atoms with van der Waals surface area (Å²) in [6.07, 6.45) is 3.72. The van der Waals surface area contributed by atoms with E-state index in [9.17, 15) is 0 Å². The molecule has 1 N–H and O–H groups in total. The first-order valence-electron chi connectivity index (χ1n) is 6.71. The Morgan fingerprint density at radius 3 is 2.53 bits per heavy atom. The Bertz CT molecular complexity index is 235. The second-order valence-corrected chi connectivity index (χ2v) is 7.68. The Kier molecular flexibility index (Phi) is 5.30. The Morgan fingerprint density at radius 1 is 1.41 bits per heavy atom. The molecule has 17 heavy (non-hydrogen) atoms. The number of hydrogen-bond acceptors (Lipinski definition) is 2. The fourth-order valence-electron chi connectivity index (χ4n) is 2.36. The molecule has 2 unspecified atom stereocenters. The molecule has 2 nitrogen and oxygen atoms in total. The number of hydrogen-bond donors (Lipinski definition) is 1. The number of nitrogens with one attached hydrogen (secondary N) is 1. The van der Waals surface area contributed by atoms with Crippen LogP contribution in [0.3, 0.4) is 0 Å². The summed E-state index contributed by atoms with van der Waals surface area (Å²) in [5.41, 5.74) is 0.373. The SMILES string of the molecule is CC(C)(C)CC(Cl)CNCC1CCC(C)(C)O1. The third-order valence-electron chi connectivity index (χ3n) is 3.13. The maximum atomic E-state index is 6.30. The molecule has 0 aliphatic carbocycles. The van der Waals surface area contributed by atoms with Crippen molar-refractivity contribution in [1.82, 2.24) is 5.32 Å². The minimum absolute atomic E-state index is 0.0676. The molecular weight excluding hydrogens is 234 g/mol. The van der Waals surface area contributed by atoms with E-state index < -0.39 is 0 Å². The van der Waals surface area contributed by atoms with Gasteiger partial charge in [-0.15, -0.1) is 11.6 Å². The molecule has 1 rings (SSSR count). The molecule has 1 fully saturated rings. The zero-order valence-corrected chi connectivity index (χ0v) is 12.7. The lowest BCUT2D eigenvalue weighted by Crippen LogP contribution is -2.33. The van der Waals surface area contributed by atoms with Crippen LogP contribution in [0.4, 0.5) is 0 Å². The minimum atomic E-state index is 0.0676. The summed E-state index contributed by atoms with van der Waals surface area (Å²) in [7, 11) is 0. The summed E-state index contributed by atoms with van der Waals surface area (Å²) in [5.74, 6) is 0. The first kappa shape index (κ1) is 15.3. The second kappa shape index (κ2) is 5.90. The molecule has 0 saturated carbocycles. The molecule has 0 amide bonds. The first-order valence-corrected chi connectivity index (χ1v) is 7.14. The third-order valence-corrected chi connectivity index (χ3v) is 3.43. The monoisotopic (exact) mass is 261 g/mol. The van der Waals surface area contributed by atoms with Crippen LogP contribution < -0.4 is 5.32 Å². The summed E-state index contributed by atoms with van der Waals surface area (Å²) in [4.78, 5) is 0. The van der Waals surface area contributed by atoms with Gasteiger partial charge in [-0.2, -0.15) is 0 Å². The highest BCUT2D eigenvalue weighted by atomic mass is 35.5. The van der Waals surface area contributed by atoms with Crippen LogP contribution in [0.1, 0.15) is 53.9 Å². The largest absolute Gasteiger partial charge is 0.371 e. The highest BCUT2D eigenvalue weighted by Gasteiger charge is 2.31. The average Bonchev–Trinajstić information content (AvgIpc) is 2.42. The smallest absolute Gasteiger partial charge is 0.0707 e. The molecule has 0 spiro atoms. The van der Waals surface area contributed by atoms with Gasteiger partial charge in [-0.3, -0.25) is 0 Å². The van der Waals surface area contributed by atoms with Gasteiger partial charge < -0.3 is 10.1 Å². The van der Waals surface area contributed by atoms with Crippen molar-refractivity contribution in [3.05, 3.63) is 0 Å². The summed E-state index contributed by atoms with van der Waals surface area (Å²) in [6.45, 7) is 12.8. The van der Waals surface area contributed by atoms with Gasteiger partial charge in [0.25, 0.3) is 0 Å². The summed E-state index contributed by atoms with van der Waals surface area (Å²) >= 11 is 6.30. The molecule has 1 aliphatic rings. The summed E-state index contributed by atoms with van der Waals surface area (Å²) in [5, 5.41) is 3.64. The number of rotatable bonds is 5. The maximum absolute atomic E-state index is 6.30. The van der Waals surface area contributed by atoms with Gasteiger partial charge in [-0.05, 0) is 38.5 Å². The zero-order chi connectivity index (χ0) is 13.1. The lowest BCUT2D eigenvalue weighted by atomic mass is 9.90. The highest BCUT2D eigenvalue weighted by Crippen LogP contribution is 2.29. The van der Waals surface area contributed by atoms with E-state index in [0.29, 0.717) is 11.5 Å². The molecule has 1 aliphatic heterocycles. The van der Waals surface area contributed by atoms with Crippen molar-refractivity contribution in [3.8, 4) is 0 Å². The predicted octanol–water partition coefficient (Wildman–Crippen LogP) is 3.58. The number of halogens is 1. The normalized spacial score (nSPS) is 26.1. The van der Waals surface area contributed by atoms with Gasteiger partial charge in [0.2, 0.25) is 0 Å². The maximum Gasteiger partial charge on any atom is 0.0707 e. The average molecular weight is 262 g/mol. The van der Waals surface area contributed by atoms with E-state index in [1.807, 2.05) is 0 Å². The molecule has 0 aromatic heterocycles. The van der Waals surface area contributed by atoms with Gasteiger partial charge in [-0.1, -0.05) is 20.8 Å². The van der Waals surface area contributed by atoms with Crippen molar-refractivity contribution in [3.63, 3.8) is 0 Å². The Hall–Kier alpha value is 0.210. The fraction of sp³-hybridized carbons (Fsp3) is 1.00. The van der Waals surface area contributed by atoms with Crippen LogP contribution in [0.2, 0.25) is 0 Å². The van der Waals surface area contributed by atoms with Crippen LogP contribution in [-0.4, -0.2) is 30.2 Å². The van der Waals surface area contributed by atoms with Gasteiger partial charge in [0, 0.05) is 18.5 Å². The molecule has 102 valence electrons. The van der Waals surface area contributed by atoms with Crippen LogP contribution >= 0.6 is 11.6 Å². The lowest BCUT2D eigenvalue weighted by molar-refractivity contribution is -0.0141. The molecule has 0 radical (unpaired) electrons. The zero-order valence-electron chi connectivity index (χ0n) is 12.0. The van der Waals surface area contributed by atoms with Crippen LogP contribution in [0, 0.1) is 5.41 Å². The highest BCUT2D eigenvalue weighted by molar-refractivity contribution is 6.20. The molecule has 2 atom stereocenters. The second-order valence-electron chi connectivity index (χ2n) is 7.06. The van der Waals surface area contributed by atoms with Gasteiger partial charge in [0.15, 0.2) is 0 Å². The predicted molar refractivity (Wildman–Crippen MR) is 74.8 cm³/mol. The van der Waals surface area contributed by atoms with Crippen molar-refractivity contribution in [2.45, 2.75) is 71.0 Å². The van der Waals surface area contributed by atoms with E-state index in [-0.39, 0.29) is 11.0 Å². The number of ether oxygens (including phenoxy) is 1. The van der Waals surface area contributed by atoms with Crippen molar-refractivity contribution in [2.75, 3.05) is 13.1 Å². The van der Waals surface area contributed by atoms with Gasteiger partial charge in [0.05, 0.1) is 11.7 Å². The van der Waals surface area contributed by atoms with E-state index in [1.54, 1.807) is 0 Å². The van der Waals surface area contributed by atoms with Gasteiger partial charge >= 0.3 is 0 Å². The Labute approximate surface area is 111 Å². The standard InChI is InChI=1S/C14H28ClNO/c1-13(2,3)8-11(15)9-16-10-12-6-7-14(4,5)17-12/h11-12,16H,6-10H2,1-5H3. The fourth-order valence-corrected chi connectivity index (χ4v) is 2.93. The van der Waals surface area contributed by atoms with Crippen molar-refractivity contribution >= 4 is 11.6 Å².